The van der Waals surface area contributed by atoms with Crippen molar-refractivity contribution >= 4 is 28.4 Å². The Morgan fingerprint density at radius 1 is 1.42 bits per heavy atom. The second-order valence-corrected chi connectivity index (χ2v) is 3.72. The van der Waals surface area contributed by atoms with Crippen LogP contribution in [0.5, 0.6) is 5.75 Å². The van der Waals surface area contributed by atoms with Crippen molar-refractivity contribution in [1.82, 2.24) is 4.98 Å². The van der Waals surface area contributed by atoms with Gasteiger partial charge >= 0.3 is 6.36 Å². The maximum Gasteiger partial charge on any atom is 0.573 e. The molecule has 19 heavy (non-hydrogen) atoms. The Morgan fingerprint density at radius 2 is 2.00 bits per heavy atom. The molecule has 0 N–H and O–H groups in total. The molecule has 0 fully saturated rings. The maximum atomic E-state index is 12.8. The predicted molar refractivity (Wildman–Crippen MR) is 55.6 cm³/mol. The third kappa shape index (κ3) is 3.90. The lowest BCUT2D eigenvalue weighted by molar-refractivity contribution is -0.275. The quantitative estimate of drug-likeness (QED) is 0.477. The molecule has 3 nitrogen and oxygen atoms in total. The Morgan fingerprint density at radius 3 is 2.37 bits per heavy atom. The summed E-state index contributed by atoms with van der Waals surface area (Å²) < 4.78 is 65.2. The van der Waals surface area contributed by atoms with E-state index >= 15 is 0 Å². The van der Waals surface area contributed by atoms with Crippen molar-refractivity contribution in [3.63, 3.8) is 0 Å². The fraction of sp³-hybridized carbons (Fsp3) is 0.333. The van der Waals surface area contributed by atoms with Crippen molar-refractivity contribution in [1.29, 1.82) is 0 Å². The van der Waals surface area contributed by atoms with Gasteiger partial charge in [0.2, 0.25) is 0 Å². The zero-order valence-corrected chi connectivity index (χ0v) is 10.3. The highest BCUT2D eigenvalue weighted by molar-refractivity contribution is 6.68. The SMILES string of the molecule is O=C(Cl)c1c(CCl)ncc(OC(F)(F)F)c1C(F)F. The molecule has 106 valence electrons. The normalized spacial score (nSPS) is 11.8. The fourth-order valence-electron chi connectivity index (χ4n) is 1.29. The molecular formula is C9H4Cl2F5NO2. The second-order valence-electron chi connectivity index (χ2n) is 3.11. The van der Waals surface area contributed by atoms with Crippen molar-refractivity contribution in [2.75, 3.05) is 0 Å². The Hall–Kier alpha value is -1.15. The minimum absolute atomic E-state index is 0.355. The molecule has 0 unspecified atom stereocenters. The van der Waals surface area contributed by atoms with Gasteiger partial charge in [0.25, 0.3) is 11.7 Å². The Labute approximate surface area is 113 Å². The van der Waals surface area contributed by atoms with Crippen molar-refractivity contribution in [3.05, 3.63) is 23.0 Å². The van der Waals surface area contributed by atoms with E-state index in [1.807, 2.05) is 0 Å². The van der Waals surface area contributed by atoms with Gasteiger partial charge in [0.05, 0.1) is 28.9 Å². The summed E-state index contributed by atoms with van der Waals surface area (Å²) in [5.74, 6) is -1.76. The van der Waals surface area contributed by atoms with E-state index in [-0.39, 0.29) is 5.69 Å². The van der Waals surface area contributed by atoms with Crippen molar-refractivity contribution in [3.8, 4) is 5.75 Å². The third-order valence-electron chi connectivity index (χ3n) is 1.93. The van der Waals surface area contributed by atoms with Crippen molar-refractivity contribution in [2.45, 2.75) is 18.7 Å². The van der Waals surface area contributed by atoms with Gasteiger partial charge in [0, 0.05) is 0 Å². The van der Waals surface area contributed by atoms with Gasteiger partial charge < -0.3 is 4.74 Å². The van der Waals surface area contributed by atoms with Crippen LogP contribution in [0.2, 0.25) is 0 Å². The van der Waals surface area contributed by atoms with Crippen molar-refractivity contribution in [2.24, 2.45) is 0 Å². The zero-order chi connectivity index (χ0) is 14.8. The molecule has 0 amide bonds. The average molecular weight is 324 g/mol. The summed E-state index contributed by atoms with van der Waals surface area (Å²) in [4.78, 5) is 14.4. The van der Waals surface area contributed by atoms with E-state index in [9.17, 15) is 26.7 Å². The van der Waals surface area contributed by atoms with E-state index < -0.39 is 40.8 Å². The molecule has 1 aromatic heterocycles. The number of carbonyl (C=O) groups is 1. The lowest BCUT2D eigenvalue weighted by Crippen LogP contribution is -2.20. The Balaban J connectivity index is 3.49. The van der Waals surface area contributed by atoms with Crippen LogP contribution >= 0.6 is 23.2 Å². The first-order valence-electron chi connectivity index (χ1n) is 4.48. The number of alkyl halides is 6. The lowest BCUT2D eigenvalue weighted by atomic mass is 10.1. The second kappa shape index (κ2) is 5.87. The van der Waals surface area contributed by atoms with Crippen LogP contribution in [0, 0.1) is 0 Å². The molecule has 0 spiro atoms. The number of hydrogen-bond acceptors (Lipinski definition) is 3. The number of pyridine rings is 1. The van der Waals surface area contributed by atoms with Gasteiger partial charge in [-0.2, -0.15) is 0 Å². The molecule has 1 aromatic rings. The summed E-state index contributed by atoms with van der Waals surface area (Å²) in [5.41, 5.74) is -2.53. The largest absolute Gasteiger partial charge is 0.573 e. The first-order valence-corrected chi connectivity index (χ1v) is 5.40. The molecule has 0 saturated carbocycles. The van der Waals surface area contributed by atoms with Crippen LogP contribution < -0.4 is 4.74 Å². The van der Waals surface area contributed by atoms with E-state index in [1.165, 1.54) is 0 Å². The highest BCUT2D eigenvalue weighted by Gasteiger charge is 2.35. The minimum Gasteiger partial charge on any atom is -0.404 e. The van der Waals surface area contributed by atoms with Crippen LogP contribution in [0.3, 0.4) is 0 Å². The maximum absolute atomic E-state index is 12.8. The molecule has 0 aliphatic heterocycles. The van der Waals surface area contributed by atoms with Crippen LogP contribution in [0.25, 0.3) is 0 Å². The summed E-state index contributed by atoms with van der Waals surface area (Å²) in [5, 5.41) is -1.40. The van der Waals surface area contributed by atoms with E-state index in [4.69, 9.17) is 23.2 Å². The number of rotatable bonds is 4. The first-order chi connectivity index (χ1) is 8.67. The smallest absolute Gasteiger partial charge is 0.404 e. The molecule has 0 saturated heterocycles. The molecule has 1 heterocycles. The molecule has 1 rings (SSSR count). The summed E-state index contributed by atoms with van der Waals surface area (Å²) in [6.07, 6.45) is -8.21. The van der Waals surface area contributed by atoms with Crippen LogP contribution in [0.15, 0.2) is 6.20 Å². The molecular weight excluding hydrogens is 320 g/mol. The topological polar surface area (TPSA) is 39.2 Å². The van der Waals surface area contributed by atoms with Gasteiger partial charge in [0.15, 0.2) is 5.75 Å². The van der Waals surface area contributed by atoms with Gasteiger partial charge in [-0.3, -0.25) is 9.78 Å². The standard InChI is InChI=1S/C9H4Cl2F5NO2/c10-1-3-5(7(11)18)6(8(12)13)4(2-17-3)19-9(14,15)16/h2,8H,1H2. The van der Waals surface area contributed by atoms with Crippen LogP contribution in [0.4, 0.5) is 22.0 Å². The lowest BCUT2D eigenvalue weighted by Gasteiger charge is -2.16. The minimum atomic E-state index is -5.21. The summed E-state index contributed by atoms with van der Waals surface area (Å²) in [6.45, 7) is 0. The van der Waals surface area contributed by atoms with E-state index in [0.717, 1.165) is 0 Å². The van der Waals surface area contributed by atoms with Gasteiger partial charge in [-0.05, 0) is 11.6 Å². The number of aromatic nitrogens is 1. The monoisotopic (exact) mass is 323 g/mol. The summed E-state index contributed by atoms with van der Waals surface area (Å²) in [7, 11) is 0. The number of carbonyl (C=O) groups excluding carboxylic acids is 1. The molecule has 0 aromatic carbocycles. The third-order valence-corrected chi connectivity index (χ3v) is 2.37. The number of hydrogen-bond donors (Lipinski definition) is 0. The van der Waals surface area contributed by atoms with E-state index in [2.05, 4.69) is 9.72 Å². The van der Waals surface area contributed by atoms with Crippen molar-refractivity contribution < 1.29 is 31.5 Å². The van der Waals surface area contributed by atoms with Crippen LogP contribution in [-0.2, 0) is 5.88 Å². The molecule has 0 aliphatic carbocycles. The van der Waals surface area contributed by atoms with Gasteiger partial charge in [-0.1, -0.05) is 0 Å². The Bertz CT molecular complexity index is 492. The van der Waals surface area contributed by atoms with Crippen LogP contribution in [0.1, 0.15) is 28.0 Å². The average Bonchev–Trinajstić information content (AvgIpc) is 2.25. The molecule has 0 atom stereocenters. The van der Waals surface area contributed by atoms with Crippen LogP contribution in [-0.4, -0.2) is 16.6 Å². The summed E-state index contributed by atoms with van der Waals surface area (Å²) in [6, 6.07) is 0. The van der Waals surface area contributed by atoms with Gasteiger partial charge in [-0.25, -0.2) is 8.78 Å². The molecule has 10 heteroatoms. The van der Waals surface area contributed by atoms with E-state index in [1.54, 1.807) is 0 Å². The predicted octanol–water partition coefficient (Wildman–Crippen LogP) is 4.04. The Kier molecular flexibility index (Phi) is 4.92. The first kappa shape index (κ1) is 15.9. The van der Waals surface area contributed by atoms with Gasteiger partial charge in [-0.15, -0.1) is 24.8 Å². The molecule has 0 radical (unpaired) electrons. The number of ether oxygens (including phenoxy) is 1. The fourth-order valence-corrected chi connectivity index (χ4v) is 1.71. The molecule has 0 aliphatic rings. The molecule has 0 bridgehead atoms. The number of nitrogens with zero attached hydrogens (tertiary/aromatic N) is 1. The highest BCUT2D eigenvalue weighted by atomic mass is 35.5. The summed E-state index contributed by atoms with van der Waals surface area (Å²) >= 11 is 10.4. The van der Waals surface area contributed by atoms with E-state index in [0.29, 0.717) is 6.20 Å². The number of halogens is 7. The zero-order valence-electron chi connectivity index (χ0n) is 8.77. The van der Waals surface area contributed by atoms with Gasteiger partial charge in [0.1, 0.15) is 0 Å². The highest BCUT2D eigenvalue weighted by Crippen LogP contribution is 2.37.